The second-order valence-electron chi connectivity index (χ2n) is 4.98. The van der Waals surface area contributed by atoms with Crippen molar-refractivity contribution < 1.29 is 24.1 Å². The average molecular weight is 315 g/mol. The molecule has 21 heavy (non-hydrogen) atoms. The zero-order valence-electron chi connectivity index (χ0n) is 12.1. The molecule has 1 saturated carbocycles. The van der Waals surface area contributed by atoms with E-state index in [1.54, 1.807) is 6.07 Å². The van der Waals surface area contributed by atoms with Crippen molar-refractivity contribution in [2.75, 3.05) is 14.2 Å². The lowest BCUT2D eigenvalue weighted by Crippen LogP contribution is -2.18. The van der Waals surface area contributed by atoms with Gasteiger partial charge in [0.25, 0.3) is 0 Å². The number of rotatable bonds is 5. The second kappa shape index (κ2) is 7.00. The minimum Gasteiger partial charge on any atom is -0.493 e. The number of aliphatic hydroxyl groups excluding tert-OH is 1. The van der Waals surface area contributed by atoms with Gasteiger partial charge in [0.15, 0.2) is 17.6 Å². The van der Waals surface area contributed by atoms with Gasteiger partial charge < -0.3 is 19.3 Å². The van der Waals surface area contributed by atoms with E-state index < -0.39 is 12.1 Å². The van der Waals surface area contributed by atoms with Gasteiger partial charge in [-0.25, -0.2) is 4.79 Å². The van der Waals surface area contributed by atoms with E-state index in [-0.39, 0.29) is 11.7 Å². The number of ether oxygens (including phenoxy) is 3. The van der Waals surface area contributed by atoms with Crippen LogP contribution in [0.3, 0.4) is 0 Å². The molecule has 1 N–H and O–H groups in total. The van der Waals surface area contributed by atoms with Crippen LogP contribution in [0.4, 0.5) is 0 Å². The molecule has 0 heterocycles. The predicted octanol–water partition coefficient (Wildman–Crippen LogP) is 2.88. The SMILES string of the molecule is COC(=O)C(O)c1cc(Cl)cc(OC)c1OC1CCCC1. The Morgan fingerprint density at radius 2 is 2.00 bits per heavy atom. The zero-order chi connectivity index (χ0) is 15.4. The number of aliphatic hydroxyl groups is 1. The lowest BCUT2D eigenvalue weighted by atomic mass is 10.1. The number of benzene rings is 1. The predicted molar refractivity (Wildman–Crippen MR) is 77.9 cm³/mol. The lowest BCUT2D eigenvalue weighted by molar-refractivity contribution is -0.150. The Bertz CT molecular complexity index is 511. The molecule has 1 fully saturated rings. The summed E-state index contributed by atoms with van der Waals surface area (Å²) in [6, 6.07) is 3.09. The van der Waals surface area contributed by atoms with Crippen LogP contribution in [0.15, 0.2) is 12.1 Å². The summed E-state index contributed by atoms with van der Waals surface area (Å²) < 4.78 is 15.8. The van der Waals surface area contributed by atoms with Crippen molar-refractivity contribution in [3.8, 4) is 11.5 Å². The lowest BCUT2D eigenvalue weighted by Gasteiger charge is -2.21. The Morgan fingerprint density at radius 3 is 2.57 bits per heavy atom. The number of hydrogen-bond acceptors (Lipinski definition) is 5. The largest absolute Gasteiger partial charge is 0.493 e. The molecule has 116 valence electrons. The van der Waals surface area contributed by atoms with Crippen LogP contribution in [-0.4, -0.2) is 31.4 Å². The summed E-state index contributed by atoms with van der Waals surface area (Å²) in [6.45, 7) is 0. The Labute approximate surface area is 128 Å². The van der Waals surface area contributed by atoms with Gasteiger partial charge in [0, 0.05) is 16.7 Å². The summed E-state index contributed by atoms with van der Waals surface area (Å²) in [5.74, 6) is -0.0188. The van der Waals surface area contributed by atoms with Crippen LogP contribution in [-0.2, 0) is 9.53 Å². The Morgan fingerprint density at radius 1 is 1.33 bits per heavy atom. The first-order valence-electron chi connectivity index (χ1n) is 6.86. The maximum atomic E-state index is 11.6. The molecule has 1 unspecified atom stereocenters. The van der Waals surface area contributed by atoms with Gasteiger partial charge in [-0.15, -0.1) is 0 Å². The Hall–Kier alpha value is -1.46. The summed E-state index contributed by atoms with van der Waals surface area (Å²) in [7, 11) is 2.70. The van der Waals surface area contributed by atoms with Crippen molar-refractivity contribution in [1.29, 1.82) is 0 Å². The van der Waals surface area contributed by atoms with E-state index in [4.69, 9.17) is 21.1 Å². The summed E-state index contributed by atoms with van der Waals surface area (Å²) >= 11 is 6.01. The van der Waals surface area contributed by atoms with Crippen LogP contribution in [0.2, 0.25) is 5.02 Å². The molecule has 0 amide bonds. The minimum atomic E-state index is -1.46. The van der Waals surface area contributed by atoms with Crippen molar-refractivity contribution in [3.05, 3.63) is 22.7 Å². The molecular weight excluding hydrogens is 296 g/mol. The molecule has 0 saturated heterocycles. The molecule has 1 aliphatic carbocycles. The molecule has 0 spiro atoms. The van der Waals surface area contributed by atoms with Crippen molar-refractivity contribution >= 4 is 17.6 Å². The summed E-state index contributed by atoms with van der Waals surface area (Å²) in [5.41, 5.74) is 0.262. The van der Waals surface area contributed by atoms with Crippen molar-refractivity contribution in [3.63, 3.8) is 0 Å². The zero-order valence-corrected chi connectivity index (χ0v) is 12.9. The highest BCUT2D eigenvalue weighted by atomic mass is 35.5. The third-order valence-electron chi connectivity index (χ3n) is 3.57. The minimum absolute atomic E-state index is 0.0590. The molecule has 6 heteroatoms. The maximum Gasteiger partial charge on any atom is 0.339 e. The first-order valence-corrected chi connectivity index (χ1v) is 7.24. The quantitative estimate of drug-likeness (QED) is 0.847. The summed E-state index contributed by atoms with van der Waals surface area (Å²) in [4.78, 5) is 11.6. The molecule has 1 aromatic carbocycles. The van der Waals surface area contributed by atoms with Crippen LogP contribution in [0.5, 0.6) is 11.5 Å². The summed E-state index contributed by atoms with van der Waals surface area (Å²) in [6.07, 6.45) is 2.70. The van der Waals surface area contributed by atoms with Gasteiger partial charge in [0.1, 0.15) is 0 Å². The van der Waals surface area contributed by atoms with Crippen LogP contribution < -0.4 is 9.47 Å². The number of halogens is 1. The number of carbonyl (C=O) groups excluding carboxylic acids is 1. The van der Waals surface area contributed by atoms with E-state index >= 15 is 0 Å². The van der Waals surface area contributed by atoms with Gasteiger partial charge in [0.2, 0.25) is 0 Å². The van der Waals surface area contributed by atoms with Gasteiger partial charge in [-0.3, -0.25) is 0 Å². The van der Waals surface area contributed by atoms with E-state index in [1.165, 1.54) is 20.3 Å². The topological polar surface area (TPSA) is 65.0 Å². The molecule has 2 rings (SSSR count). The molecule has 0 aromatic heterocycles. The number of hydrogen-bond donors (Lipinski definition) is 1. The summed E-state index contributed by atoms with van der Waals surface area (Å²) in [5, 5.41) is 10.5. The average Bonchev–Trinajstić information content (AvgIpc) is 2.99. The van der Waals surface area contributed by atoms with E-state index in [9.17, 15) is 9.90 Å². The van der Waals surface area contributed by atoms with Gasteiger partial charge in [0.05, 0.1) is 20.3 Å². The van der Waals surface area contributed by atoms with E-state index in [2.05, 4.69) is 4.74 Å². The normalized spacial score (nSPS) is 16.6. The van der Waals surface area contributed by atoms with Crippen molar-refractivity contribution in [2.45, 2.75) is 37.9 Å². The molecule has 1 aliphatic rings. The van der Waals surface area contributed by atoms with Gasteiger partial charge in [-0.2, -0.15) is 0 Å². The highest BCUT2D eigenvalue weighted by molar-refractivity contribution is 6.30. The Kier molecular flexibility index (Phi) is 5.31. The van der Waals surface area contributed by atoms with Gasteiger partial charge in [-0.05, 0) is 31.7 Å². The molecule has 0 radical (unpaired) electrons. The number of esters is 1. The fourth-order valence-electron chi connectivity index (χ4n) is 2.48. The molecule has 0 bridgehead atoms. The van der Waals surface area contributed by atoms with Crippen molar-refractivity contribution in [1.82, 2.24) is 0 Å². The van der Waals surface area contributed by atoms with Crippen LogP contribution in [0, 0.1) is 0 Å². The fourth-order valence-corrected chi connectivity index (χ4v) is 2.70. The molecule has 1 atom stereocenters. The van der Waals surface area contributed by atoms with E-state index in [0.717, 1.165) is 25.7 Å². The van der Waals surface area contributed by atoms with E-state index in [1.807, 2.05) is 0 Å². The first kappa shape index (κ1) is 15.9. The first-order chi connectivity index (χ1) is 10.1. The van der Waals surface area contributed by atoms with Gasteiger partial charge >= 0.3 is 5.97 Å². The third-order valence-corrected chi connectivity index (χ3v) is 3.79. The van der Waals surface area contributed by atoms with E-state index in [0.29, 0.717) is 16.5 Å². The Balaban J connectivity index is 2.39. The van der Waals surface area contributed by atoms with Crippen LogP contribution in [0.25, 0.3) is 0 Å². The maximum absolute atomic E-state index is 11.6. The van der Waals surface area contributed by atoms with Crippen molar-refractivity contribution in [2.24, 2.45) is 0 Å². The van der Waals surface area contributed by atoms with Crippen LogP contribution in [0.1, 0.15) is 37.4 Å². The number of carbonyl (C=O) groups is 1. The smallest absolute Gasteiger partial charge is 0.339 e. The highest BCUT2D eigenvalue weighted by Gasteiger charge is 2.28. The highest BCUT2D eigenvalue weighted by Crippen LogP contribution is 2.40. The third kappa shape index (κ3) is 3.60. The monoisotopic (exact) mass is 314 g/mol. The molecule has 0 aliphatic heterocycles. The molecule has 1 aromatic rings. The molecule has 5 nitrogen and oxygen atoms in total. The number of methoxy groups -OCH3 is 2. The van der Waals surface area contributed by atoms with Crippen LogP contribution >= 0.6 is 11.6 Å². The second-order valence-corrected chi connectivity index (χ2v) is 5.41. The fraction of sp³-hybridized carbons (Fsp3) is 0.533. The molecular formula is C15H19ClO5. The standard InChI is InChI=1S/C15H19ClO5/c1-19-12-8-9(16)7-11(13(17)15(18)20-2)14(12)21-10-5-3-4-6-10/h7-8,10,13,17H,3-6H2,1-2H3. The van der Waals surface area contributed by atoms with Gasteiger partial charge in [-0.1, -0.05) is 11.6 Å².